The third kappa shape index (κ3) is 3.91. The van der Waals surface area contributed by atoms with Gasteiger partial charge in [0.25, 0.3) is 5.91 Å². The second-order valence-corrected chi connectivity index (χ2v) is 10.8. The van der Waals surface area contributed by atoms with E-state index >= 15 is 0 Å². The number of hydrogen-bond donors (Lipinski definition) is 0. The Hall–Kier alpha value is -3.21. The summed E-state index contributed by atoms with van der Waals surface area (Å²) in [4.78, 5) is 17.7. The van der Waals surface area contributed by atoms with Crippen molar-refractivity contribution < 1.29 is 22.7 Å². The van der Waals surface area contributed by atoms with Gasteiger partial charge < -0.3 is 19.3 Å². The van der Waals surface area contributed by atoms with Gasteiger partial charge in [0, 0.05) is 43.0 Å². The first-order valence-electron chi connectivity index (χ1n) is 11.8. The summed E-state index contributed by atoms with van der Waals surface area (Å²) in [6, 6.07) is 14.9. The largest absolute Gasteiger partial charge is 0.378 e. The number of carbonyl (C=O) groups is 1. The molecule has 0 bridgehead atoms. The number of sulfone groups is 1. The molecule has 3 aliphatic rings. The van der Waals surface area contributed by atoms with Gasteiger partial charge in [-0.25, -0.2) is 13.1 Å². The molecule has 0 aliphatic carbocycles. The summed E-state index contributed by atoms with van der Waals surface area (Å²) in [5.41, 5.74) is 3.74. The molecule has 4 heterocycles. The summed E-state index contributed by atoms with van der Waals surface area (Å²) in [5, 5.41) is 4.73. The number of fused-ring (bicyclic) bond motifs is 3. The number of hydrogen-bond acceptors (Lipinski definition) is 7. The number of ether oxygens (including phenoxy) is 2. The molecule has 0 N–H and O–H groups in total. The van der Waals surface area contributed by atoms with Crippen LogP contribution in [0.4, 0.5) is 5.69 Å². The fraction of sp³-hybridized carbons (Fsp3) is 0.360. The highest BCUT2D eigenvalue weighted by atomic mass is 32.2. The predicted molar refractivity (Wildman–Crippen MR) is 130 cm³/mol. The van der Waals surface area contributed by atoms with Crippen LogP contribution < -0.4 is 4.90 Å². The fourth-order valence-corrected chi connectivity index (χ4v) is 6.56. The number of morpholine rings is 2. The minimum absolute atomic E-state index is 0.192. The van der Waals surface area contributed by atoms with E-state index in [1.165, 1.54) is 0 Å². The third-order valence-electron chi connectivity index (χ3n) is 6.77. The first kappa shape index (κ1) is 22.3. The standard InChI is InChI=1S/C25H26N4O5S/c30-25(28-11-15-34-16-12-28)23-21-17-35(31,32)22-4-2-1-3-20(22)24(21)29(26-23)19-7-5-18(6-8-19)27-9-13-33-14-10-27/h1-8H,9-17H2. The van der Waals surface area contributed by atoms with Crippen molar-refractivity contribution in [2.45, 2.75) is 10.6 Å². The second kappa shape index (κ2) is 8.78. The first-order chi connectivity index (χ1) is 17.0. The molecular formula is C25H26N4O5S. The first-order valence-corrected chi connectivity index (χ1v) is 13.4. The number of anilines is 1. The van der Waals surface area contributed by atoms with E-state index < -0.39 is 9.84 Å². The lowest BCUT2D eigenvalue weighted by molar-refractivity contribution is 0.0298. The van der Waals surface area contributed by atoms with E-state index in [9.17, 15) is 13.2 Å². The molecule has 0 spiro atoms. The molecule has 0 unspecified atom stereocenters. The lowest BCUT2D eigenvalue weighted by Crippen LogP contribution is -2.41. The van der Waals surface area contributed by atoms with Crippen LogP contribution in [0.3, 0.4) is 0 Å². The van der Waals surface area contributed by atoms with Crippen LogP contribution in [0.15, 0.2) is 53.4 Å². The Morgan fingerprint density at radius 2 is 1.46 bits per heavy atom. The van der Waals surface area contributed by atoms with Gasteiger partial charge >= 0.3 is 0 Å². The molecule has 10 heteroatoms. The molecule has 2 aromatic carbocycles. The number of nitrogens with zero attached hydrogens (tertiary/aromatic N) is 4. The second-order valence-electron chi connectivity index (χ2n) is 8.86. The molecule has 0 radical (unpaired) electrons. The summed E-state index contributed by atoms with van der Waals surface area (Å²) >= 11 is 0. The van der Waals surface area contributed by atoms with E-state index in [0.29, 0.717) is 56.3 Å². The van der Waals surface area contributed by atoms with Crippen LogP contribution in [0.1, 0.15) is 16.1 Å². The topological polar surface area (TPSA) is 94.0 Å². The van der Waals surface area contributed by atoms with Gasteiger partial charge in [0.1, 0.15) is 0 Å². The highest BCUT2D eigenvalue weighted by molar-refractivity contribution is 7.90. The molecule has 182 valence electrons. The predicted octanol–water partition coefficient (Wildman–Crippen LogP) is 2.14. The Morgan fingerprint density at radius 3 is 2.17 bits per heavy atom. The van der Waals surface area contributed by atoms with Gasteiger partial charge in [0.05, 0.1) is 48.5 Å². The number of amides is 1. The number of benzene rings is 2. The average Bonchev–Trinajstić information content (AvgIpc) is 3.28. The van der Waals surface area contributed by atoms with Gasteiger partial charge in [0.15, 0.2) is 15.5 Å². The van der Waals surface area contributed by atoms with E-state index in [0.717, 1.165) is 24.5 Å². The minimum Gasteiger partial charge on any atom is -0.378 e. The molecule has 1 aromatic heterocycles. The van der Waals surface area contributed by atoms with Crippen molar-refractivity contribution >= 4 is 21.4 Å². The van der Waals surface area contributed by atoms with Crippen LogP contribution >= 0.6 is 0 Å². The van der Waals surface area contributed by atoms with E-state index in [-0.39, 0.29) is 22.2 Å². The summed E-state index contributed by atoms with van der Waals surface area (Å²) in [6.45, 7) is 4.90. The summed E-state index contributed by atoms with van der Waals surface area (Å²) in [5.74, 6) is -0.515. The molecule has 2 saturated heterocycles. The normalized spacial score (nSPS) is 19.2. The summed E-state index contributed by atoms with van der Waals surface area (Å²) < 4.78 is 38.9. The molecule has 0 saturated carbocycles. The van der Waals surface area contributed by atoms with Crippen molar-refractivity contribution in [2.75, 3.05) is 57.5 Å². The molecule has 6 rings (SSSR count). The number of rotatable bonds is 3. The van der Waals surface area contributed by atoms with Crippen molar-refractivity contribution in [3.8, 4) is 16.9 Å². The maximum atomic E-state index is 13.5. The van der Waals surface area contributed by atoms with E-state index in [2.05, 4.69) is 4.90 Å². The molecule has 9 nitrogen and oxygen atoms in total. The van der Waals surface area contributed by atoms with Gasteiger partial charge in [-0.1, -0.05) is 18.2 Å². The van der Waals surface area contributed by atoms with Crippen molar-refractivity contribution in [2.24, 2.45) is 0 Å². The average molecular weight is 495 g/mol. The Bertz CT molecular complexity index is 1370. The third-order valence-corrected chi connectivity index (χ3v) is 8.46. The van der Waals surface area contributed by atoms with Crippen LogP contribution in [-0.4, -0.2) is 81.6 Å². The van der Waals surface area contributed by atoms with Crippen molar-refractivity contribution in [3.63, 3.8) is 0 Å². The van der Waals surface area contributed by atoms with Crippen LogP contribution in [0.2, 0.25) is 0 Å². The molecule has 3 aliphatic heterocycles. The zero-order valence-corrected chi connectivity index (χ0v) is 20.0. The fourth-order valence-electron chi connectivity index (χ4n) is 4.97. The Labute approximate surface area is 203 Å². The van der Waals surface area contributed by atoms with E-state index in [1.54, 1.807) is 27.8 Å². The number of aromatic nitrogens is 2. The molecule has 2 fully saturated rings. The van der Waals surface area contributed by atoms with Gasteiger partial charge in [-0.05, 0) is 30.3 Å². The summed E-state index contributed by atoms with van der Waals surface area (Å²) in [6.07, 6.45) is 0. The molecule has 0 atom stereocenters. The van der Waals surface area contributed by atoms with Gasteiger partial charge in [0.2, 0.25) is 0 Å². The van der Waals surface area contributed by atoms with Gasteiger partial charge in [-0.3, -0.25) is 4.79 Å². The molecular weight excluding hydrogens is 468 g/mol. The smallest absolute Gasteiger partial charge is 0.274 e. The Balaban J connectivity index is 1.48. The molecule has 3 aromatic rings. The van der Waals surface area contributed by atoms with Crippen molar-refractivity contribution in [1.82, 2.24) is 14.7 Å². The monoisotopic (exact) mass is 494 g/mol. The maximum Gasteiger partial charge on any atom is 0.274 e. The highest BCUT2D eigenvalue weighted by Gasteiger charge is 2.37. The zero-order valence-electron chi connectivity index (χ0n) is 19.2. The van der Waals surface area contributed by atoms with Crippen LogP contribution in [0.5, 0.6) is 0 Å². The molecule has 1 amide bonds. The Morgan fingerprint density at radius 1 is 0.829 bits per heavy atom. The maximum absolute atomic E-state index is 13.5. The number of carbonyl (C=O) groups excluding carboxylic acids is 1. The lowest BCUT2D eigenvalue weighted by Gasteiger charge is -2.29. The molecule has 35 heavy (non-hydrogen) atoms. The lowest BCUT2D eigenvalue weighted by atomic mass is 10.0. The van der Waals surface area contributed by atoms with Crippen molar-refractivity contribution in [3.05, 3.63) is 59.8 Å². The van der Waals surface area contributed by atoms with E-state index in [4.69, 9.17) is 14.6 Å². The SMILES string of the molecule is O=C(c1nn(-c2ccc(N3CCOCC3)cc2)c2c1CS(=O)(=O)c1ccccc1-2)N1CCOCC1. The van der Waals surface area contributed by atoms with Gasteiger partial charge in [-0.2, -0.15) is 5.10 Å². The quantitative estimate of drug-likeness (QED) is 0.551. The summed E-state index contributed by atoms with van der Waals surface area (Å²) in [7, 11) is -3.60. The highest BCUT2D eigenvalue weighted by Crippen LogP contribution is 2.41. The zero-order chi connectivity index (χ0) is 24.0. The minimum atomic E-state index is -3.60. The van der Waals surface area contributed by atoms with Crippen molar-refractivity contribution in [1.29, 1.82) is 0 Å². The Kier molecular flexibility index (Phi) is 5.58. The van der Waals surface area contributed by atoms with Crippen LogP contribution in [0.25, 0.3) is 16.9 Å². The van der Waals surface area contributed by atoms with Crippen LogP contribution in [-0.2, 0) is 25.1 Å². The van der Waals surface area contributed by atoms with Gasteiger partial charge in [-0.15, -0.1) is 0 Å². The van der Waals surface area contributed by atoms with Crippen LogP contribution in [0, 0.1) is 0 Å². The van der Waals surface area contributed by atoms with E-state index in [1.807, 2.05) is 30.3 Å².